The zero-order chi connectivity index (χ0) is 13.5. The van der Waals surface area contributed by atoms with Crippen molar-refractivity contribution >= 4 is 0 Å². The lowest BCUT2D eigenvalue weighted by molar-refractivity contribution is 0.480. The minimum atomic E-state index is 0.695. The second-order valence-corrected chi connectivity index (χ2v) is 6.30. The lowest BCUT2D eigenvalue weighted by Gasteiger charge is -2.18. The minimum absolute atomic E-state index is 0.695. The van der Waals surface area contributed by atoms with Gasteiger partial charge in [-0.15, -0.1) is 0 Å². The third kappa shape index (κ3) is 1.78. The largest absolute Gasteiger partial charge is 0.241 e. The molecule has 2 fully saturated rings. The fourth-order valence-electron chi connectivity index (χ4n) is 4.38. The first-order valence-electron chi connectivity index (χ1n) is 7.71. The summed E-state index contributed by atoms with van der Waals surface area (Å²) in [5, 5.41) is 0. The molecule has 1 aromatic heterocycles. The standard InChI is InChI=1S/C18H20N2/c1-12-17(15-5-3-2-4-6-15)19-11-20-18(12)16-13-7-8-14(16)10-9-13/h2-6,11,13-14,16H,7-10H2,1H3. The number of aromatic nitrogens is 2. The molecule has 102 valence electrons. The van der Waals surface area contributed by atoms with Gasteiger partial charge in [0.25, 0.3) is 0 Å². The van der Waals surface area contributed by atoms with Crippen LogP contribution in [0.3, 0.4) is 0 Å². The highest BCUT2D eigenvalue weighted by molar-refractivity contribution is 5.63. The van der Waals surface area contributed by atoms with Gasteiger partial charge in [0.15, 0.2) is 0 Å². The summed E-state index contributed by atoms with van der Waals surface area (Å²) in [6, 6.07) is 10.5. The number of nitrogens with zero attached hydrogens (tertiary/aromatic N) is 2. The molecule has 0 saturated heterocycles. The lowest BCUT2D eigenvalue weighted by Crippen LogP contribution is -2.10. The van der Waals surface area contributed by atoms with Crippen LogP contribution < -0.4 is 0 Å². The van der Waals surface area contributed by atoms with Crippen molar-refractivity contribution in [2.75, 3.05) is 0 Å². The van der Waals surface area contributed by atoms with E-state index >= 15 is 0 Å². The lowest BCUT2D eigenvalue weighted by atomic mass is 9.89. The van der Waals surface area contributed by atoms with Gasteiger partial charge in [-0.25, -0.2) is 9.97 Å². The zero-order valence-corrected chi connectivity index (χ0v) is 11.9. The molecule has 4 rings (SSSR count). The molecule has 0 N–H and O–H groups in total. The Hall–Kier alpha value is -1.70. The van der Waals surface area contributed by atoms with E-state index in [1.54, 1.807) is 6.33 Å². The van der Waals surface area contributed by atoms with Gasteiger partial charge in [0, 0.05) is 11.5 Å². The second kappa shape index (κ2) is 4.69. The number of fused-ring (bicyclic) bond motifs is 2. The Bertz CT molecular complexity index is 601. The van der Waals surface area contributed by atoms with Crippen LogP contribution in [0.5, 0.6) is 0 Å². The van der Waals surface area contributed by atoms with Crippen LogP contribution in [0.4, 0.5) is 0 Å². The summed E-state index contributed by atoms with van der Waals surface area (Å²) in [7, 11) is 0. The van der Waals surface area contributed by atoms with Crippen LogP contribution in [0, 0.1) is 18.8 Å². The first kappa shape index (κ1) is 12.1. The predicted molar refractivity (Wildman–Crippen MR) is 80.4 cm³/mol. The Balaban J connectivity index is 1.79. The summed E-state index contributed by atoms with van der Waals surface area (Å²) >= 11 is 0. The van der Waals surface area contributed by atoms with Gasteiger partial charge in [-0.1, -0.05) is 30.3 Å². The van der Waals surface area contributed by atoms with E-state index in [0.29, 0.717) is 5.92 Å². The number of rotatable bonds is 2. The van der Waals surface area contributed by atoms with E-state index in [-0.39, 0.29) is 0 Å². The Labute approximate surface area is 120 Å². The molecule has 2 bridgehead atoms. The third-order valence-corrected chi connectivity index (χ3v) is 5.32. The van der Waals surface area contributed by atoms with E-state index < -0.39 is 0 Å². The minimum Gasteiger partial charge on any atom is -0.241 e. The van der Waals surface area contributed by atoms with E-state index in [9.17, 15) is 0 Å². The first-order valence-corrected chi connectivity index (χ1v) is 7.71. The molecule has 1 aromatic carbocycles. The molecule has 0 radical (unpaired) electrons. The molecule has 2 aliphatic rings. The van der Waals surface area contributed by atoms with Crippen molar-refractivity contribution in [1.29, 1.82) is 0 Å². The van der Waals surface area contributed by atoms with Gasteiger partial charge in [-0.3, -0.25) is 0 Å². The number of benzene rings is 1. The average Bonchev–Trinajstić information content (AvgIpc) is 3.08. The topological polar surface area (TPSA) is 25.8 Å². The highest BCUT2D eigenvalue weighted by Gasteiger charge is 2.43. The SMILES string of the molecule is Cc1c(-c2ccccc2)ncnc1C1C2CCC1CC2. The fourth-order valence-corrected chi connectivity index (χ4v) is 4.38. The molecule has 2 aromatic rings. The first-order chi connectivity index (χ1) is 9.84. The normalized spacial score (nSPS) is 27.9. The van der Waals surface area contributed by atoms with E-state index in [4.69, 9.17) is 0 Å². The van der Waals surface area contributed by atoms with Crippen LogP contribution in [-0.4, -0.2) is 9.97 Å². The molecule has 20 heavy (non-hydrogen) atoms. The summed E-state index contributed by atoms with van der Waals surface area (Å²) in [6.07, 6.45) is 7.38. The average molecular weight is 264 g/mol. The second-order valence-electron chi connectivity index (χ2n) is 6.30. The van der Waals surface area contributed by atoms with E-state index in [2.05, 4.69) is 47.2 Å². The van der Waals surface area contributed by atoms with Crippen molar-refractivity contribution in [2.45, 2.75) is 38.5 Å². The zero-order valence-electron chi connectivity index (χ0n) is 11.9. The summed E-state index contributed by atoms with van der Waals surface area (Å²) in [6.45, 7) is 2.20. The summed E-state index contributed by atoms with van der Waals surface area (Å²) < 4.78 is 0. The third-order valence-electron chi connectivity index (χ3n) is 5.32. The smallest absolute Gasteiger partial charge is 0.116 e. The van der Waals surface area contributed by atoms with Crippen LogP contribution in [0.2, 0.25) is 0 Å². The molecule has 0 unspecified atom stereocenters. The predicted octanol–water partition coefficient (Wildman–Crippen LogP) is 4.36. The Morgan fingerprint density at radius 3 is 2.20 bits per heavy atom. The van der Waals surface area contributed by atoms with Crippen molar-refractivity contribution < 1.29 is 0 Å². The summed E-state index contributed by atoms with van der Waals surface area (Å²) in [5.74, 6) is 2.44. The van der Waals surface area contributed by atoms with Crippen LogP contribution in [0.1, 0.15) is 42.9 Å². The monoisotopic (exact) mass is 264 g/mol. The van der Waals surface area contributed by atoms with Crippen molar-refractivity contribution in [3.8, 4) is 11.3 Å². The van der Waals surface area contributed by atoms with E-state index in [1.165, 1.54) is 42.5 Å². The molecule has 0 aliphatic heterocycles. The van der Waals surface area contributed by atoms with Crippen LogP contribution in [0.25, 0.3) is 11.3 Å². The van der Waals surface area contributed by atoms with Gasteiger partial charge in [0.2, 0.25) is 0 Å². The fraction of sp³-hybridized carbons (Fsp3) is 0.444. The van der Waals surface area contributed by atoms with Crippen LogP contribution in [-0.2, 0) is 0 Å². The molecule has 2 saturated carbocycles. The van der Waals surface area contributed by atoms with Gasteiger partial charge >= 0.3 is 0 Å². The van der Waals surface area contributed by atoms with Gasteiger partial charge < -0.3 is 0 Å². The Kier molecular flexibility index (Phi) is 2.83. The van der Waals surface area contributed by atoms with Crippen molar-refractivity contribution in [2.24, 2.45) is 11.8 Å². The highest BCUT2D eigenvalue weighted by atomic mass is 14.9. The Morgan fingerprint density at radius 1 is 0.900 bits per heavy atom. The number of hydrogen-bond donors (Lipinski definition) is 0. The van der Waals surface area contributed by atoms with Crippen molar-refractivity contribution in [1.82, 2.24) is 9.97 Å². The molecule has 0 spiro atoms. The molecule has 2 heteroatoms. The maximum atomic E-state index is 4.68. The quantitative estimate of drug-likeness (QED) is 0.805. The van der Waals surface area contributed by atoms with Gasteiger partial charge in [0.1, 0.15) is 6.33 Å². The van der Waals surface area contributed by atoms with Crippen LogP contribution in [0.15, 0.2) is 36.7 Å². The molecule has 2 nitrogen and oxygen atoms in total. The number of hydrogen-bond acceptors (Lipinski definition) is 2. The van der Waals surface area contributed by atoms with Crippen molar-refractivity contribution in [3.05, 3.63) is 47.9 Å². The highest BCUT2D eigenvalue weighted by Crippen LogP contribution is 2.54. The molecular formula is C18H20N2. The van der Waals surface area contributed by atoms with Gasteiger partial charge in [-0.05, 0) is 50.0 Å². The molecule has 0 amide bonds. The Morgan fingerprint density at radius 2 is 1.55 bits per heavy atom. The maximum absolute atomic E-state index is 4.68. The molecular weight excluding hydrogens is 244 g/mol. The molecule has 1 heterocycles. The van der Waals surface area contributed by atoms with Crippen LogP contribution >= 0.6 is 0 Å². The van der Waals surface area contributed by atoms with E-state index in [1.807, 2.05) is 0 Å². The van der Waals surface area contributed by atoms with Crippen molar-refractivity contribution in [3.63, 3.8) is 0 Å². The van der Waals surface area contributed by atoms with E-state index in [0.717, 1.165) is 17.5 Å². The summed E-state index contributed by atoms with van der Waals surface area (Å²) in [4.78, 5) is 9.22. The summed E-state index contributed by atoms with van der Waals surface area (Å²) in [5.41, 5.74) is 4.94. The van der Waals surface area contributed by atoms with Gasteiger partial charge in [-0.2, -0.15) is 0 Å². The maximum Gasteiger partial charge on any atom is 0.116 e. The van der Waals surface area contributed by atoms with Gasteiger partial charge in [0.05, 0.1) is 11.4 Å². The molecule has 0 atom stereocenters. The molecule has 2 aliphatic carbocycles.